The third-order valence-corrected chi connectivity index (χ3v) is 4.88. The summed E-state index contributed by atoms with van der Waals surface area (Å²) in [6.45, 7) is 4.10. The molecule has 1 unspecified atom stereocenters. The molecule has 0 fully saturated rings. The number of rotatable bonds is 5. The lowest BCUT2D eigenvalue weighted by Crippen LogP contribution is -2.40. The van der Waals surface area contributed by atoms with Gasteiger partial charge in [0.1, 0.15) is 5.28 Å². The Kier molecular flexibility index (Phi) is 4.33. The zero-order chi connectivity index (χ0) is 12.2. The molecule has 6 heteroatoms. The Balaban J connectivity index is 2.95. The van der Waals surface area contributed by atoms with Crippen molar-refractivity contribution in [3.8, 4) is 0 Å². The van der Waals surface area contributed by atoms with Crippen molar-refractivity contribution >= 4 is 7.60 Å². The predicted octanol–water partition coefficient (Wildman–Crippen LogP) is 1.71. The van der Waals surface area contributed by atoms with Gasteiger partial charge in [-0.2, -0.15) is 0 Å². The van der Waals surface area contributed by atoms with E-state index in [4.69, 9.17) is 20.5 Å². The van der Waals surface area contributed by atoms with Gasteiger partial charge >= 0.3 is 7.60 Å². The van der Waals surface area contributed by atoms with E-state index in [-0.39, 0.29) is 0 Å². The van der Waals surface area contributed by atoms with Crippen molar-refractivity contribution in [1.29, 1.82) is 0 Å². The van der Waals surface area contributed by atoms with Crippen molar-refractivity contribution in [2.24, 2.45) is 11.5 Å². The van der Waals surface area contributed by atoms with Crippen LogP contribution < -0.4 is 11.5 Å². The summed E-state index contributed by atoms with van der Waals surface area (Å²) in [4.78, 5) is 0. The molecule has 0 saturated heterocycles. The first-order valence-corrected chi connectivity index (χ1v) is 6.84. The van der Waals surface area contributed by atoms with Crippen LogP contribution in [-0.4, -0.2) is 18.5 Å². The molecule has 0 aromatic carbocycles. The van der Waals surface area contributed by atoms with Crippen molar-refractivity contribution in [1.82, 2.24) is 0 Å². The maximum Gasteiger partial charge on any atom is 0.354 e. The van der Waals surface area contributed by atoms with Crippen molar-refractivity contribution < 1.29 is 13.6 Å². The molecule has 0 saturated carbocycles. The average molecular weight is 246 g/mol. The Morgan fingerprint density at radius 2 is 2.00 bits per heavy atom. The van der Waals surface area contributed by atoms with Gasteiger partial charge in [-0.3, -0.25) is 4.57 Å². The molecule has 0 amide bonds. The van der Waals surface area contributed by atoms with Gasteiger partial charge in [0.2, 0.25) is 0 Å². The molecule has 16 heavy (non-hydrogen) atoms. The molecule has 0 spiro atoms. The van der Waals surface area contributed by atoms with Crippen molar-refractivity contribution in [2.75, 3.05) is 13.2 Å². The minimum atomic E-state index is -3.34. The van der Waals surface area contributed by atoms with Gasteiger partial charge < -0.3 is 20.5 Å². The predicted molar refractivity (Wildman–Crippen MR) is 63.8 cm³/mol. The van der Waals surface area contributed by atoms with E-state index in [9.17, 15) is 4.57 Å². The van der Waals surface area contributed by atoms with Gasteiger partial charge in [-0.15, -0.1) is 0 Å². The van der Waals surface area contributed by atoms with E-state index in [0.717, 1.165) is 0 Å². The molecular formula is C10H19N2O3P. The first-order valence-electron chi connectivity index (χ1n) is 5.30. The van der Waals surface area contributed by atoms with Gasteiger partial charge in [0.25, 0.3) is 0 Å². The second kappa shape index (κ2) is 5.15. The minimum absolute atomic E-state index is 0.295. The molecule has 5 nitrogen and oxygen atoms in total. The summed E-state index contributed by atoms with van der Waals surface area (Å²) < 4.78 is 23.0. The molecule has 1 rings (SSSR count). The highest BCUT2D eigenvalue weighted by molar-refractivity contribution is 7.55. The average Bonchev–Trinajstić information content (AvgIpc) is 2.23. The lowest BCUT2D eigenvalue weighted by molar-refractivity contribution is 0.203. The van der Waals surface area contributed by atoms with E-state index in [1.807, 2.05) is 0 Å². The molecule has 0 aliphatic heterocycles. The Morgan fingerprint density at radius 1 is 1.44 bits per heavy atom. The van der Waals surface area contributed by atoms with Gasteiger partial charge in [0, 0.05) is 12.1 Å². The number of nitrogens with two attached hydrogens (primary N) is 2. The van der Waals surface area contributed by atoms with Crippen LogP contribution in [0.25, 0.3) is 0 Å². The first-order chi connectivity index (χ1) is 7.47. The summed E-state index contributed by atoms with van der Waals surface area (Å²) in [5, 5.41) is -1.11. The van der Waals surface area contributed by atoms with E-state index in [2.05, 4.69) is 0 Å². The molecule has 0 radical (unpaired) electrons. The normalized spacial score (nSPS) is 25.6. The summed E-state index contributed by atoms with van der Waals surface area (Å²) in [5.74, 6) is 0. The number of hydrogen-bond donors (Lipinski definition) is 2. The van der Waals surface area contributed by atoms with Gasteiger partial charge in [-0.25, -0.2) is 0 Å². The van der Waals surface area contributed by atoms with E-state index in [0.29, 0.717) is 25.3 Å². The first kappa shape index (κ1) is 13.5. The maximum atomic E-state index is 12.5. The zero-order valence-corrected chi connectivity index (χ0v) is 10.6. The SMILES string of the molecule is CCOP(=O)(OCC)C1(N)C=CC(N)=CC1. The van der Waals surface area contributed by atoms with E-state index in [1.54, 1.807) is 32.1 Å². The van der Waals surface area contributed by atoms with Crippen LogP contribution in [0.2, 0.25) is 0 Å². The lowest BCUT2D eigenvalue weighted by Gasteiger charge is -2.33. The van der Waals surface area contributed by atoms with E-state index >= 15 is 0 Å². The van der Waals surface area contributed by atoms with Crippen LogP contribution in [-0.2, 0) is 13.6 Å². The minimum Gasteiger partial charge on any atom is -0.399 e. The Hall–Kier alpha value is -0.610. The number of allylic oxidation sites excluding steroid dienone is 1. The third kappa shape index (κ3) is 2.55. The van der Waals surface area contributed by atoms with Gasteiger partial charge in [-0.05, 0) is 19.9 Å². The highest BCUT2D eigenvalue weighted by atomic mass is 31.2. The fraction of sp³-hybridized carbons (Fsp3) is 0.600. The third-order valence-electron chi connectivity index (χ3n) is 2.34. The van der Waals surface area contributed by atoms with Crippen LogP contribution in [0, 0.1) is 0 Å². The van der Waals surface area contributed by atoms with E-state index < -0.39 is 12.9 Å². The lowest BCUT2D eigenvalue weighted by atomic mass is 10.1. The van der Waals surface area contributed by atoms with Crippen LogP contribution >= 0.6 is 7.60 Å². The fourth-order valence-electron chi connectivity index (χ4n) is 1.48. The molecule has 0 heterocycles. The molecule has 1 aliphatic carbocycles. The van der Waals surface area contributed by atoms with Crippen LogP contribution in [0.1, 0.15) is 20.3 Å². The Labute approximate surface area is 96.0 Å². The Bertz CT molecular complexity index is 344. The van der Waals surface area contributed by atoms with Crippen molar-refractivity contribution in [3.05, 3.63) is 23.9 Å². The van der Waals surface area contributed by atoms with Crippen LogP contribution in [0.15, 0.2) is 23.9 Å². The molecule has 1 atom stereocenters. The summed E-state index contributed by atoms with van der Waals surface area (Å²) in [6.07, 6.45) is 5.32. The van der Waals surface area contributed by atoms with Gasteiger partial charge in [0.15, 0.2) is 0 Å². The molecule has 0 aromatic rings. The maximum absolute atomic E-state index is 12.5. The van der Waals surface area contributed by atoms with Crippen LogP contribution in [0.3, 0.4) is 0 Å². The van der Waals surface area contributed by atoms with Crippen LogP contribution in [0.5, 0.6) is 0 Å². The molecule has 0 bridgehead atoms. The highest BCUT2D eigenvalue weighted by Crippen LogP contribution is 2.60. The highest BCUT2D eigenvalue weighted by Gasteiger charge is 2.46. The van der Waals surface area contributed by atoms with Crippen molar-refractivity contribution in [3.63, 3.8) is 0 Å². The second-order valence-electron chi connectivity index (χ2n) is 3.57. The molecule has 92 valence electrons. The van der Waals surface area contributed by atoms with Crippen molar-refractivity contribution in [2.45, 2.75) is 25.5 Å². The van der Waals surface area contributed by atoms with Crippen LogP contribution in [0.4, 0.5) is 0 Å². The largest absolute Gasteiger partial charge is 0.399 e. The summed E-state index contributed by atoms with van der Waals surface area (Å²) >= 11 is 0. The monoisotopic (exact) mass is 246 g/mol. The topological polar surface area (TPSA) is 87.6 Å². The zero-order valence-electron chi connectivity index (χ0n) is 9.68. The van der Waals surface area contributed by atoms with Gasteiger partial charge in [0.05, 0.1) is 13.2 Å². The fourth-order valence-corrected chi connectivity index (χ4v) is 3.29. The second-order valence-corrected chi connectivity index (χ2v) is 5.91. The van der Waals surface area contributed by atoms with E-state index in [1.165, 1.54) is 0 Å². The number of hydrogen-bond acceptors (Lipinski definition) is 5. The quantitative estimate of drug-likeness (QED) is 0.721. The van der Waals surface area contributed by atoms with Gasteiger partial charge in [-0.1, -0.05) is 12.2 Å². The Morgan fingerprint density at radius 3 is 2.38 bits per heavy atom. The molecule has 4 N–H and O–H groups in total. The summed E-state index contributed by atoms with van der Waals surface area (Å²) in [6, 6.07) is 0. The summed E-state index contributed by atoms with van der Waals surface area (Å²) in [5.41, 5.74) is 12.3. The smallest absolute Gasteiger partial charge is 0.354 e. The molecular weight excluding hydrogens is 227 g/mol. The molecule has 1 aliphatic rings. The summed E-state index contributed by atoms with van der Waals surface area (Å²) in [7, 11) is -3.34. The molecule has 0 aromatic heterocycles. The standard InChI is InChI=1S/C10H19N2O3P/c1-3-14-16(13,15-4-2)10(12)7-5-9(11)6-8-10/h5-7H,3-4,8,11-12H2,1-2H3.